The molecule has 0 radical (unpaired) electrons. The van der Waals surface area contributed by atoms with E-state index in [1.165, 1.54) is 4.88 Å². The summed E-state index contributed by atoms with van der Waals surface area (Å²) in [5.41, 5.74) is 1.11. The van der Waals surface area contributed by atoms with E-state index in [4.69, 9.17) is 16.3 Å². The standard InChI is InChI=1S/C14H16ClNOS/c1-11-4-5-12(15)9-14(11)17-7-6-16-10-13-3-2-8-18-13/h2-5,8-9,16H,6-7,10H2,1H3. The van der Waals surface area contributed by atoms with Gasteiger partial charge in [-0.3, -0.25) is 0 Å². The molecule has 0 aliphatic rings. The van der Waals surface area contributed by atoms with Crippen LogP contribution in [0, 0.1) is 6.92 Å². The Morgan fingerprint density at radius 2 is 2.22 bits per heavy atom. The van der Waals surface area contributed by atoms with E-state index in [1.807, 2.05) is 25.1 Å². The Morgan fingerprint density at radius 3 is 3.00 bits per heavy atom. The zero-order valence-corrected chi connectivity index (χ0v) is 11.9. The van der Waals surface area contributed by atoms with Crippen molar-refractivity contribution in [2.75, 3.05) is 13.2 Å². The van der Waals surface area contributed by atoms with Gasteiger partial charge in [-0.25, -0.2) is 0 Å². The Labute approximate surface area is 117 Å². The lowest BCUT2D eigenvalue weighted by atomic mass is 10.2. The van der Waals surface area contributed by atoms with Crippen molar-refractivity contribution in [2.45, 2.75) is 13.5 Å². The molecule has 0 saturated heterocycles. The molecule has 0 atom stereocenters. The van der Waals surface area contributed by atoms with Gasteiger partial charge in [-0.1, -0.05) is 23.7 Å². The van der Waals surface area contributed by atoms with Gasteiger partial charge >= 0.3 is 0 Å². The molecule has 0 fully saturated rings. The van der Waals surface area contributed by atoms with E-state index in [1.54, 1.807) is 11.3 Å². The predicted octanol–water partition coefficient (Wildman–Crippen LogP) is 3.88. The van der Waals surface area contributed by atoms with E-state index in [0.717, 1.165) is 24.4 Å². The molecule has 2 aromatic rings. The number of thiophene rings is 1. The lowest BCUT2D eigenvalue weighted by Crippen LogP contribution is -2.20. The number of hydrogen-bond donors (Lipinski definition) is 1. The zero-order chi connectivity index (χ0) is 12.8. The first-order chi connectivity index (χ1) is 8.75. The van der Waals surface area contributed by atoms with Crippen LogP contribution in [0.5, 0.6) is 5.75 Å². The predicted molar refractivity (Wildman–Crippen MR) is 77.7 cm³/mol. The highest BCUT2D eigenvalue weighted by molar-refractivity contribution is 7.09. The fourth-order valence-electron chi connectivity index (χ4n) is 1.59. The van der Waals surface area contributed by atoms with Crippen molar-refractivity contribution >= 4 is 22.9 Å². The van der Waals surface area contributed by atoms with Crippen LogP contribution < -0.4 is 10.1 Å². The topological polar surface area (TPSA) is 21.3 Å². The number of nitrogens with one attached hydrogen (secondary N) is 1. The van der Waals surface area contributed by atoms with Gasteiger partial charge in [-0.05, 0) is 36.1 Å². The summed E-state index contributed by atoms with van der Waals surface area (Å²) in [5, 5.41) is 6.14. The summed E-state index contributed by atoms with van der Waals surface area (Å²) < 4.78 is 5.69. The maximum atomic E-state index is 5.93. The highest BCUT2D eigenvalue weighted by Gasteiger charge is 2.00. The van der Waals surface area contributed by atoms with Crippen molar-refractivity contribution in [3.8, 4) is 5.75 Å². The average molecular weight is 282 g/mol. The van der Waals surface area contributed by atoms with Crippen LogP contribution in [-0.4, -0.2) is 13.2 Å². The summed E-state index contributed by atoms with van der Waals surface area (Å²) in [6.07, 6.45) is 0. The molecule has 1 aromatic carbocycles. The summed E-state index contributed by atoms with van der Waals surface area (Å²) >= 11 is 7.69. The molecule has 1 N–H and O–H groups in total. The third-order valence-electron chi connectivity index (χ3n) is 2.57. The Bertz CT molecular complexity index is 485. The third kappa shape index (κ3) is 4.02. The summed E-state index contributed by atoms with van der Waals surface area (Å²) in [6, 6.07) is 9.89. The molecule has 96 valence electrons. The van der Waals surface area contributed by atoms with Gasteiger partial charge in [-0.15, -0.1) is 11.3 Å². The largest absolute Gasteiger partial charge is 0.492 e. The quantitative estimate of drug-likeness (QED) is 0.812. The summed E-state index contributed by atoms with van der Waals surface area (Å²) in [6.45, 7) is 4.39. The van der Waals surface area contributed by atoms with E-state index in [9.17, 15) is 0 Å². The maximum absolute atomic E-state index is 5.93. The van der Waals surface area contributed by atoms with Gasteiger partial charge in [-0.2, -0.15) is 0 Å². The highest BCUT2D eigenvalue weighted by Crippen LogP contribution is 2.22. The molecule has 2 rings (SSSR count). The zero-order valence-electron chi connectivity index (χ0n) is 10.3. The van der Waals surface area contributed by atoms with E-state index < -0.39 is 0 Å². The fourth-order valence-corrected chi connectivity index (χ4v) is 2.42. The second-order valence-electron chi connectivity index (χ2n) is 4.01. The van der Waals surface area contributed by atoms with Gasteiger partial charge in [0.25, 0.3) is 0 Å². The SMILES string of the molecule is Cc1ccc(Cl)cc1OCCNCc1cccs1. The molecule has 2 nitrogen and oxygen atoms in total. The van der Waals surface area contributed by atoms with Crippen LogP contribution in [0.15, 0.2) is 35.7 Å². The van der Waals surface area contributed by atoms with E-state index in [0.29, 0.717) is 11.6 Å². The molecule has 0 bridgehead atoms. The van der Waals surface area contributed by atoms with Gasteiger partial charge in [0.1, 0.15) is 12.4 Å². The van der Waals surface area contributed by atoms with E-state index in [-0.39, 0.29) is 0 Å². The smallest absolute Gasteiger partial charge is 0.123 e. The number of benzene rings is 1. The Morgan fingerprint density at radius 1 is 1.33 bits per heavy atom. The molecule has 0 aliphatic carbocycles. The average Bonchev–Trinajstić information content (AvgIpc) is 2.86. The molecule has 0 unspecified atom stereocenters. The Kier molecular flexibility index (Phi) is 5.05. The van der Waals surface area contributed by atoms with Gasteiger partial charge in [0.15, 0.2) is 0 Å². The minimum Gasteiger partial charge on any atom is -0.492 e. The van der Waals surface area contributed by atoms with E-state index >= 15 is 0 Å². The van der Waals surface area contributed by atoms with Crippen molar-refractivity contribution in [3.63, 3.8) is 0 Å². The molecule has 0 aliphatic heterocycles. The van der Waals surface area contributed by atoms with Crippen molar-refractivity contribution in [1.29, 1.82) is 0 Å². The van der Waals surface area contributed by atoms with Crippen LogP contribution in [0.4, 0.5) is 0 Å². The molecule has 1 heterocycles. The maximum Gasteiger partial charge on any atom is 0.123 e. The monoisotopic (exact) mass is 281 g/mol. The van der Waals surface area contributed by atoms with Crippen molar-refractivity contribution < 1.29 is 4.74 Å². The Balaban J connectivity index is 1.70. The molecule has 0 saturated carbocycles. The molecule has 4 heteroatoms. The number of ether oxygens (including phenoxy) is 1. The molecular formula is C14H16ClNOS. The van der Waals surface area contributed by atoms with Crippen LogP contribution in [0.1, 0.15) is 10.4 Å². The van der Waals surface area contributed by atoms with Crippen molar-refractivity contribution in [3.05, 3.63) is 51.2 Å². The first kappa shape index (κ1) is 13.4. The lowest BCUT2D eigenvalue weighted by molar-refractivity contribution is 0.312. The minimum absolute atomic E-state index is 0.645. The van der Waals surface area contributed by atoms with Crippen molar-refractivity contribution in [2.24, 2.45) is 0 Å². The van der Waals surface area contributed by atoms with Crippen molar-refractivity contribution in [1.82, 2.24) is 5.32 Å². The first-order valence-corrected chi connectivity index (χ1v) is 7.13. The van der Waals surface area contributed by atoms with E-state index in [2.05, 4.69) is 22.8 Å². The van der Waals surface area contributed by atoms with Crippen LogP contribution in [-0.2, 0) is 6.54 Å². The van der Waals surface area contributed by atoms with Gasteiger partial charge in [0.2, 0.25) is 0 Å². The second kappa shape index (κ2) is 6.78. The van der Waals surface area contributed by atoms with Crippen LogP contribution in [0.3, 0.4) is 0 Å². The van der Waals surface area contributed by atoms with Crippen LogP contribution in [0.25, 0.3) is 0 Å². The fraction of sp³-hybridized carbons (Fsp3) is 0.286. The van der Waals surface area contributed by atoms with Gasteiger partial charge in [0.05, 0.1) is 0 Å². The Hall–Kier alpha value is -1.03. The first-order valence-electron chi connectivity index (χ1n) is 5.88. The van der Waals surface area contributed by atoms with Crippen LogP contribution >= 0.6 is 22.9 Å². The summed E-state index contributed by atoms with van der Waals surface area (Å²) in [4.78, 5) is 1.34. The number of halogens is 1. The number of rotatable bonds is 6. The molecule has 0 spiro atoms. The molecule has 0 amide bonds. The lowest BCUT2D eigenvalue weighted by Gasteiger charge is -2.09. The van der Waals surface area contributed by atoms with Gasteiger partial charge in [0, 0.05) is 23.0 Å². The highest BCUT2D eigenvalue weighted by atomic mass is 35.5. The van der Waals surface area contributed by atoms with Gasteiger partial charge < -0.3 is 10.1 Å². The third-order valence-corrected chi connectivity index (χ3v) is 3.68. The molecule has 18 heavy (non-hydrogen) atoms. The normalized spacial score (nSPS) is 10.6. The van der Waals surface area contributed by atoms with Crippen LogP contribution in [0.2, 0.25) is 5.02 Å². The second-order valence-corrected chi connectivity index (χ2v) is 5.48. The number of hydrogen-bond acceptors (Lipinski definition) is 3. The minimum atomic E-state index is 0.645. The molecule has 1 aromatic heterocycles. The summed E-state index contributed by atoms with van der Waals surface area (Å²) in [7, 11) is 0. The number of aryl methyl sites for hydroxylation is 1. The molecular weight excluding hydrogens is 266 g/mol. The summed E-state index contributed by atoms with van der Waals surface area (Å²) in [5.74, 6) is 0.862.